The number of aromatic nitrogens is 1. The predicted molar refractivity (Wildman–Crippen MR) is 143 cm³/mol. The van der Waals surface area contributed by atoms with Gasteiger partial charge in [-0.25, -0.2) is 13.4 Å². The Kier molecular flexibility index (Phi) is 7.06. The van der Waals surface area contributed by atoms with Crippen LogP contribution in [0, 0.1) is 5.92 Å². The molecule has 2 aromatic carbocycles. The van der Waals surface area contributed by atoms with Gasteiger partial charge in [0, 0.05) is 41.6 Å². The number of benzene rings is 2. The molecule has 9 nitrogen and oxygen atoms in total. The van der Waals surface area contributed by atoms with Crippen molar-refractivity contribution in [3.05, 3.63) is 69.7 Å². The molecule has 198 valence electrons. The molecule has 3 heterocycles. The highest BCUT2D eigenvalue weighted by atomic mass is 32.2. The zero-order valence-electron chi connectivity index (χ0n) is 21.1. The molecule has 2 aliphatic heterocycles. The first kappa shape index (κ1) is 26.1. The van der Waals surface area contributed by atoms with E-state index in [0.717, 1.165) is 35.8 Å². The van der Waals surface area contributed by atoms with Gasteiger partial charge in [-0.15, -0.1) is 11.3 Å². The standard InChI is InChI=1S/C27H28N4O5S2/c1-16(2)27(34)31-11-9-17(10-12-31)26-29-15-19(37-26)14-28-24(32)18-7-8-23-21(13-18)30-25(33)20-5-3-4-6-22(20)38(23,35)36/h3-8,13,15-17H,9-12,14H2,1-2H3,(H,28,32)(H,30,33). The lowest BCUT2D eigenvalue weighted by Gasteiger charge is -2.32. The molecule has 0 atom stereocenters. The van der Waals surface area contributed by atoms with Crippen molar-refractivity contribution in [2.24, 2.45) is 5.92 Å². The number of likely N-dealkylation sites (tertiary alicyclic amines) is 1. The Bertz CT molecular complexity index is 1520. The van der Waals surface area contributed by atoms with E-state index >= 15 is 0 Å². The molecule has 3 amide bonds. The van der Waals surface area contributed by atoms with Gasteiger partial charge in [-0.05, 0) is 43.2 Å². The van der Waals surface area contributed by atoms with Gasteiger partial charge in [0.05, 0.1) is 32.6 Å². The number of amides is 3. The molecule has 1 saturated heterocycles. The van der Waals surface area contributed by atoms with E-state index in [0.29, 0.717) is 5.92 Å². The number of nitrogens with one attached hydrogen (secondary N) is 2. The van der Waals surface area contributed by atoms with Crippen molar-refractivity contribution in [3.8, 4) is 0 Å². The summed E-state index contributed by atoms with van der Waals surface area (Å²) in [5.41, 5.74) is 0.367. The van der Waals surface area contributed by atoms with Gasteiger partial charge in [0.15, 0.2) is 0 Å². The molecule has 11 heteroatoms. The fourth-order valence-electron chi connectivity index (χ4n) is 4.77. The number of rotatable bonds is 5. The highest BCUT2D eigenvalue weighted by molar-refractivity contribution is 7.91. The van der Waals surface area contributed by atoms with Crippen LogP contribution in [0.25, 0.3) is 0 Å². The molecular weight excluding hydrogens is 524 g/mol. The molecule has 2 aliphatic rings. The summed E-state index contributed by atoms with van der Waals surface area (Å²) in [6, 6.07) is 10.2. The second-order valence-electron chi connectivity index (χ2n) is 9.77. The van der Waals surface area contributed by atoms with Crippen LogP contribution < -0.4 is 10.6 Å². The maximum Gasteiger partial charge on any atom is 0.257 e. The van der Waals surface area contributed by atoms with Crippen LogP contribution in [0.3, 0.4) is 0 Å². The number of piperidine rings is 1. The van der Waals surface area contributed by atoms with Gasteiger partial charge >= 0.3 is 0 Å². The van der Waals surface area contributed by atoms with Crippen molar-refractivity contribution in [3.63, 3.8) is 0 Å². The number of hydrogen-bond donors (Lipinski definition) is 2. The third-order valence-corrected chi connectivity index (χ3v) is 9.87. The fraction of sp³-hybridized carbons (Fsp3) is 0.333. The van der Waals surface area contributed by atoms with Crippen LogP contribution in [0.2, 0.25) is 0 Å². The number of hydrogen-bond acceptors (Lipinski definition) is 7. The third kappa shape index (κ3) is 4.95. The molecule has 0 spiro atoms. The first-order chi connectivity index (χ1) is 18.1. The van der Waals surface area contributed by atoms with Crippen molar-refractivity contribution in [1.29, 1.82) is 0 Å². The van der Waals surface area contributed by atoms with Crippen LogP contribution in [-0.2, 0) is 21.2 Å². The molecule has 1 fully saturated rings. The van der Waals surface area contributed by atoms with E-state index in [1.165, 1.54) is 30.3 Å². The number of carbonyl (C=O) groups is 3. The van der Waals surface area contributed by atoms with Gasteiger partial charge < -0.3 is 15.5 Å². The average molecular weight is 553 g/mol. The number of anilines is 1. The minimum Gasteiger partial charge on any atom is -0.347 e. The number of nitrogens with zero attached hydrogens (tertiary/aromatic N) is 2. The quantitative estimate of drug-likeness (QED) is 0.496. The molecule has 0 saturated carbocycles. The van der Waals surface area contributed by atoms with Crippen molar-refractivity contribution in [2.75, 3.05) is 18.4 Å². The molecule has 38 heavy (non-hydrogen) atoms. The van der Waals surface area contributed by atoms with E-state index in [2.05, 4.69) is 15.6 Å². The van der Waals surface area contributed by atoms with Crippen LogP contribution in [0.4, 0.5) is 5.69 Å². The first-order valence-corrected chi connectivity index (χ1v) is 14.8. The normalized spacial score (nSPS) is 16.8. The Hall–Kier alpha value is -3.57. The predicted octanol–water partition coefficient (Wildman–Crippen LogP) is 3.83. The fourth-order valence-corrected chi connectivity index (χ4v) is 7.39. The third-order valence-electron chi connectivity index (χ3n) is 6.85. The van der Waals surface area contributed by atoms with E-state index in [1.54, 1.807) is 29.7 Å². The van der Waals surface area contributed by atoms with Gasteiger partial charge in [0.2, 0.25) is 15.7 Å². The van der Waals surface area contributed by atoms with Gasteiger partial charge in [-0.2, -0.15) is 0 Å². The second-order valence-corrected chi connectivity index (χ2v) is 12.8. The Morgan fingerprint density at radius 1 is 1.13 bits per heavy atom. The van der Waals surface area contributed by atoms with Gasteiger partial charge in [-0.3, -0.25) is 14.4 Å². The summed E-state index contributed by atoms with van der Waals surface area (Å²) >= 11 is 1.55. The summed E-state index contributed by atoms with van der Waals surface area (Å²) in [7, 11) is -3.93. The van der Waals surface area contributed by atoms with Crippen LogP contribution in [0.1, 0.15) is 63.2 Å². The minimum absolute atomic E-state index is 0.00170. The largest absolute Gasteiger partial charge is 0.347 e. The molecule has 0 radical (unpaired) electrons. The lowest BCUT2D eigenvalue weighted by atomic mass is 9.96. The lowest BCUT2D eigenvalue weighted by Crippen LogP contribution is -2.40. The molecule has 1 aromatic heterocycles. The zero-order valence-corrected chi connectivity index (χ0v) is 22.7. The van der Waals surface area contributed by atoms with E-state index < -0.39 is 21.7 Å². The maximum atomic E-state index is 13.1. The summed E-state index contributed by atoms with van der Waals surface area (Å²) in [4.78, 5) is 45.0. The Balaban J connectivity index is 1.24. The Morgan fingerprint density at radius 3 is 2.61 bits per heavy atom. The summed E-state index contributed by atoms with van der Waals surface area (Å²) < 4.78 is 26.3. The number of sulfone groups is 1. The number of thiazole rings is 1. The van der Waals surface area contributed by atoms with Crippen LogP contribution in [0.5, 0.6) is 0 Å². The Labute approximate surface area is 225 Å². The van der Waals surface area contributed by atoms with Crippen LogP contribution >= 0.6 is 11.3 Å². The van der Waals surface area contributed by atoms with E-state index in [9.17, 15) is 22.8 Å². The van der Waals surface area contributed by atoms with Crippen molar-refractivity contribution in [1.82, 2.24) is 15.2 Å². The summed E-state index contributed by atoms with van der Waals surface area (Å²) in [5, 5.41) is 6.49. The summed E-state index contributed by atoms with van der Waals surface area (Å²) in [6.07, 6.45) is 3.49. The van der Waals surface area contributed by atoms with Gasteiger partial charge in [0.25, 0.3) is 11.8 Å². The molecule has 3 aromatic rings. The van der Waals surface area contributed by atoms with Crippen molar-refractivity contribution < 1.29 is 22.8 Å². The van der Waals surface area contributed by atoms with Crippen LogP contribution in [0.15, 0.2) is 58.5 Å². The molecule has 0 unspecified atom stereocenters. The maximum absolute atomic E-state index is 13.1. The van der Waals surface area contributed by atoms with E-state index in [1.807, 2.05) is 18.7 Å². The molecule has 2 N–H and O–H groups in total. The lowest BCUT2D eigenvalue weighted by molar-refractivity contribution is -0.135. The molecular formula is C27H28N4O5S2. The van der Waals surface area contributed by atoms with E-state index in [-0.39, 0.29) is 45.0 Å². The zero-order chi connectivity index (χ0) is 27.0. The highest BCUT2D eigenvalue weighted by Crippen LogP contribution is 2.34. The minimum atomic E-state index is -3.93. The smallest absolute Gasteiger partial charge is 0.257 e. The van der Waals surface area contributed by atoms with Crippen LogP contribution in [-0.4, -0.2) is 49.1 Å². The van der Waals surface area contributed by atoms with Crippen molar-refractivity contribution in [2.45, 2.75) is 48.9 Å². The summed E-state index contributed by atoms with van der Waals surface area (Å²) in [5.74, 6) is -0.461. The molecule has 0 aliphatic carbocycles. The Morgan fingerprint density at radius 2 is 1.87 bits per heavy atom. The number of carbonyl (C=O) groups excluding carboxylic acids is 3. The molecule has 0 bridgehead atoms. The van der Waals surface area contributed by atoms with Gasteiger partial charge in [-0.1, -0.05) is 26.0 Å². The monoisotopic (exact) mass is 552 g/mol. The number of fused-ring (bicyclic) bond motifs is 2. The van der Waals surface area contributed by atoms with E-state index in [4.69, 9.17) is 0 Å². The second kappa shape index (κ2) is 10.3. The van der Waals surface area contributed by atoms with Gasteiger partial charge in [0.1, 0.15) is 0 Å². The average Bonchev–Trinajstić information content (AvgIpc) is 3.37. The van der Waals surface area contributed by atoms with Crippen molar-refractivity contribution >= 4 is 44.6 Å². The SMILES string of the molecule is CC(C)C(=O)N1CCC(c2ncc(CNC(=O)c3ccc4c(c3)NC(=O)c3ccccc3S4(=O)=O)s2)CC1. The summed E-state index contributed by atoms with van der Waals surface area (Å²) in [6.45, 7) is 5.55. The topological polar surface area (TPSA) is 126 Å². The first-order valence-electron chi connectivity index (χ1n) is 12.5. The highest BCUT2D eigenvalue weighted by Gasteiger charge is 2.31. The molecule has 5 rings (SSSR count).